The van der Waals surface area contributed by atoms with Crippen molar-refractivity contribution < 1.29 is 45.5 Å². The topological polar surface area (TPSA) is 299 Å². The first kappa shape index (κ1) is 95.0. The Hall–Kier alpha value is -13.0. The van der Waals surface area contributed by atoms with Gasteiger partial charge in [0, 0.05) is 140 Å². The maximum Gasteiger partial charge on any atom is 0.355 e. The third-order valence-electron chi connectivity index (χ3n) is 30.8. The lowest BCUT2D eigenvalue weighted by Gasteiger charge is -2.60. The number of pyridine rings is 2. The number of hydrazine groups is 2. The van der Waals surface area contributed by atoms with Crippen LogP contribution in [0.3, 0.4) is 0 Å². The summed E-state index contributed by atoms with van der Waals surface area (Å²) in [6.45, 7) is 38.4. The number of anilines is 2. The minimum Gasteiger partial charge on any atom is -0.349 e. The van der Waals surface area contributed by atoms with E-state index in [4.69, 9.17) is 9.97 Å². The first-order valence-corrected chi connectivity index (χ1v) is 48.8. The van der Waals surface area contributed by atoms with Gasteiger partial charge in [-0.05, 0) is 187 Å². The first-order chi connectivity index (χ1) is 66.7. The Morgan fingerprint density at radius 1 is 0.547 bits per heavy atom. The molecule has 36 heteroatoms. The zero-order chi connectivity index (χ0) is 98.0. The number of hydrogen-bond donors (Lipinski definition) is 4. The number of piperazine rings is 3. The molecule has 9 aliphatic heterocycles. The molecule has 730 valence electrons. The van der Waals surface area contributed by atoms with Crippen molar-refractivity contribution in [3.8, 4) is 56.4 Å². The maximum absolute atomic E-state index is 16.8. The van der Waals surface area contributed by atoms with Crippen LogP contribution >= 0.6 is 0 Å². The molecule has 2 saturated carbocycles. The number of urea groups is 1. The van der Waals surface area contributed by atoms with Gasteiger partial charge in [0.25, 0.3) is 0 Å². The lowest BCUT2D eigenvalue weighted by atomic mass is 9.68. The van der Waals surface area contributed by atoms with Crippen LogP contribution in [-0.2, 0) is 33.9 Å². The summed E-state index contributed by atoms with van der Waals surface area (Å²) >= 11 is 0. The number of halogens is 6. The number of aromatic nitrogens is 12. The number of hydrogen-bond acceptors (Lipinski definition) is 21. The van der Waals surface area contributed by atoms with E-state index < -0.39 is 71.3 Å². The van der Waals surface area contributed by atoms with Gasteiger partial charge in [-0.15, -0.1) is 15.7 Å². The van der Waals surface area contributed by atoms with Gasteiger partial charge < -0.3 is 40.1 Å². The summed E-state index contributed by atoms with van der Waals surface area (Å²) in [6.07, 6.45) is 12.8. The van der Waals surface area contributed by atoms with Crippen molar-refractivity contribution in [3.05, 3.63) is 214 Å². The van der Waals surface area contributed by atoms with Gasteiger partial charge in [0.05, 0.1) is 59.5 Å². The lowest BCUT2D eigenvalue weighted by molar-refractivity contribution is -0.137. The number of carbonyl (C=O) groups is 4. The highest BCUT2D eigenvalue weighted by atomic mass is 19.2. The predicted molar refractivity (Wildman–Crippen MR) is 518 cm³/mol. The summed E-state index contributed by atoms with van der Waals surface area (Å²) in [4.78, 5) is 113. The van der Waals surface area contributed by atoms with Crippen molar-refractivity contribution in [2.24, 2.45) is 29.6 Å². The Morgan fingerprint density at radius 2 is 1.06 bits per heavy atom. The minimum absolute atomic E-state index is 0.00895. The number of nitrogens with zero attached hydrogens (tertiary/aromatic N) is 20. The van der Waals surface area contributed by atoms with Gasteiger partial charge in [-0.1, -0.05) is 139 Å². The Bertz CT molecular complexity index is 6700. The van der Waals surface area contributed by atoms with E-state index >= 15 is 26.3 Å². The van der Waals surface area contributed by atoms with Crippen LogP contribution in [0.5, 0.6) is 0 Å². The van der Waals surface area contributed by atoms with Crippen LogP contribution in [0.15, 0.2) is 157 Å². The van der Waals surface area contributed by atoms with E-state index in [9.17, 15) is 28.8 Å². The van der Waals surface area contributed by atoms with Gasteiger partial charge in [0.15, 0.2) is 22.9 Å². The van der Waals surface area contributed by atoms with Crippen molar-refractivity contribution in [2.75, 3.05) is 49.1 Å². The van der Waals surface area contributed by atoms with Crippen molar-refractivity contribution in [1.29, 1.82) is 0 Å². The Morgan fingerprint density at radius 3 is 1.60 bits per heavy atom. The fraction of sp³-hybridized carbons (Fsp3) is 0.476. The van der Waals surface area contributed by atoms with Crippen LogP contribution in [0.25, 0.3) is 78.5 Å². The van der Waals surface area contributed by atoms with Crippen LogP contribution in [0.4, 0.5) is 42.8 Å². The van der Waals surface area contributed by atoms with E-state index in [1.807, 2.05) is 118 Å². The molecule has 15 heterocycles. The Kier molecular flexibility index (Phi) is 26.0. The Labute approximate surface area is 802 Å². The minimum atomic E-state index is -1.27. The third-order valence-corrected chi connectivity index (χ3v) is 30.8. The molecular weight excluding hydrogens is 1780 g/mol. The molecular formula is C103H120F6N24O6. The molecule has 0 radical (unpaired) electrons. The molecule has 6 aromatic heterocycles. The largest absolute Gasteiger partial charge is 0.355 e. The molecule has 11 aliphatic rings. The molecule has 4 N–H and O–H groups in total. The number of nitrogens with one attached hydrogen (secondary N) is 4. The first-order valence-electron chi connectivity index (χ1n) is 48.8. The molecule has 11 unspecified atom stereocenters. The quantitative estimate of drug-likeness (QED) is 0.0771. The Balaban J connectivity index is 0.000000133. The summed E-state index contributed by atoms with van der Waals surface area (Å²) in [7, 11) is 0. The van der Waals surface area contributed by atoms with E-state index in [-0.39, 0.29) is 154 Å². The maximum atomic E-state index is 16.8. The van der Waals surface area contributed by atoms with Crippen LogP contribution in [-0.4, -0.2) is 231 Å². The molecule has 2 aliphatic carbocycles. The van der Waals surface area contributed by atoms with Crippen LogP contribution in [0, 0.1) is 52.9 Å². The third kappa shape index (κ3) is 17.1. The number of amides is 5. The molecule has 5 amide bonds. The summed E-state index contributed by atoms with van der Waals surface area (Å²) in [5.74, 6) is -2.82. The summed E-state index contributed by atoms with van der Waals surface area (Å²) in [5, 5.41) is 26.9. The molecule has 7 fully saturated rings. The number of piperidine rings is 1. The van der Waals surface area contributed by atoms with E-state index in [1.165, 1.54) is 63.8 Å². The van der Waals surface area contributed by atoms with Gasteiger partial charge in [0.2, 0.25) is 17.7 Å². The van der Waals surface area contributed by atoms with Gasteiger partial charge >= 0.3 is 17.4 Å². The van der Waals surface area contributed by atoms with E-state index in [2.05, 4.69) is 109 Å². The number of aryl methyl sites for hydroxylation is 2. The molecule has 10 aromatic rings. The van der Waals surface area contributed by atoms with Gasteiger partial charge in [-0.3, -0.25) is 34.3 Å². The van der Waals surface area contributed by atoms with Crippen LogP contribution in [0.1, 0.15) is 169 Å². The number of rotatable bonds is 9. The second kappa shape index (κ2) is 38.0. The lowest BCUT2D eigenvalue weighted by Crippen LogP contribution is -2.79. The molecule has 0 spiro atoms. The van der Waals surface area contributed by atoms with Crippen LogP contribution in [0.2, 0.25) is 0 Å². The number of alkyl halides is 2. The number of fused-ring (bicyclic) bond motifs is 23. The number of carbonyl (C=O) groups excluding carboxylic acids is 4. The molecule has 30 nitrogen and oxygen atoms in total. The number of allylic oxidation sites excluding steroid dienone is 1. The van der Waals surface area contributed by atoms with E-state index in [0.717, 1.165) is 66.5 Å². The summed E-state index contributed by atoms with van der Waals surface area (Å²) in [5.41, 5.74) is 12.0. The summed E-state index contributed by atoms with van der Waals surface area (Å²) < 4.78 is 103. The standard InChI is InChI=1S/C35H34F2N8O2.C34H54F2N8O2.C34H32F2N8O2/c1-6-29(46)43-16-21(5)44(17-20(43)4)33-25-15-27(37)31-30-24(11-8-12-26(30)36)28-18-42(41-40-28)14-13-22-9-7-10-23(19(2)3)32(22)45(34(25)38-31)35(47)39-33;1-6-28(45)41-15-20(5)42(16-19(41)4)32-24-14-26(36)30-29-25(35)11-8-12-27(29)43-17-22(39-40-43)13-21-9-7-10-23(18(2)3)31(21)44(33(24)37-30)34(46)38-32;1-6-28(45)42-14-20(5)43(15-19(42)4)32-24-13-26(36)30-29-23(11-8-12-25(29)35)27-17-41(40-39-27)16-21-9-7-10-22(18(2)3)31(21)44(33(24)37-30)34(46)38-32/h6-12,15,18-21H,1,13-14,16-17H2,2-5H3;6,17-21,23-27,29-33,37,39-40H,1,7-16H2,2-5H3,(H,38,46);6-13,17-20H,1,14-16H2,2-5H3/t20-,21+;19-,20+,21?,23?,24?,25?,26?,27?,29?,30?,31?,32?,33?;19-,20+/m111/s1. The van der Waals surface area contributed by atoms with Crippen LogP contribution < -0.4 is 42.8 Å². The van der Waals surface area contributed by atoms with Crippen molar-refractivity contribution in [1.82, 2.24) is 110 Å². The van der Waals surface area contributed by atoms with Crippen molar-refractivity contribution in [3.63, 3.8) is 0 Å². The fourth-order valence-corrected chi connectivity index (χ4v) is 24.0. The molecule has 17 atom stereocenters. The fourth-order valence-electron chi connectivity index (χ4n) is 24.0. The highest BCUT2D eigenvalue weighted by molar-refractivity contribution is 5.95. The zero-order valence-electron chi connectivity index (χ0n) is 80.4. The average Bonchev–Trinajstić information content (AvgIpc) is 1.26. The number of benzene rings is 4. The molecule has 21 rings (SSSR count). The van der Waals surface area contributed by atoms with Gasteiger partial charge in [0.1, 0.15) is 58.4 Å². The average molecular weight is 1900 g/mol. The summed E-state index contributed by atoms with van der Waals surface area (Å²) in [6, 6.07) is 20.8. The molecule has 5 saturated heterocycles. The predicted octanol–water partition coefficient (Wildman–Crippen LogP) is 14.0. The second-order valence-electron chi connectivity index (χ2n) is 40.5. The SMILES string of the molecule is C=CC(=O)N1C[C@H](C)N(C2NC(=O)N3C4NC(C(F)CC42)C2C(F)CCCC2N2C=C(CC4CCCC(C(C)C)C43)NN2)C[C@H]1C.C=CC(=O)N1C[C@H](C)N(c2nc(=O)n3c4nc(c(F)cc24)-c2c(F)cccc2-c2cn(nn2)CCc2cccc(C(C)C)c2-3)C[C@H]1C.C=CC(=O)N1C[C@H](C)N(c2nc(=O)n3c4nc(c(F)cc24)-c2c(F)cccc2-c2cn(nn2)Cc2cccc(C(C)C)c2-3)C[C@H]1C. The number of para-hydroxylation sites is 2. The zero-order valence-corrected chi connectivity index (χ0v) is 80.4. The van der Waals surface area contributed by atoms with E-state index in [0.29, 0.717) is 115 Å². The second-order valence-corrected chi connectivity index (χ2v) is 40.5. The van der Waals surface area contributed by atoms with Gasteiger partial charge in [-0.2, -0.15) is 9.97 Å². The molecule has 139 heavy (non-hydrogen) atoms. The van der Waals surface area contributed by atoms with Crippen molar-refractivity contribution in [2.45, 2.75) is 245 Å². The molecule has 4 aromatic carbocycles. The molecule has 12 bridgehead atoms. The smallest absolute Gasteiger partial charge is 0.349 e. The highest BCUT2D eigenvalue weighted by Gasteiger charge is 2.59. The van der Waals surface area contributed by atoms with Gasteiger partial charge in [-0.25, -0.2) is 64.5 Å². The van der Waals surface area contributed by atoms with E-state index in [1.54, 1.807) is 43.7 Å². The normalized spacial score (nSPS) is 26.5. The van der Waals surface area contributed by atoms with Crippen molar-refractivity contribution >= 4 is 57.5 Å². The monoisotopic (exact) mass is 1900 g/mol. The highest BCUT2D eigenvalue weighted by Crippen LogP contribution is 2.50.